The Labute approximate surface area is 183 Å². The second-order valence-corrected chi connectivity index (χ2v) is 9.68. The number of nitrogens with one attached hydrogen (secondary N) is 2. The van der Waals surface area contributed by atoms with Crippen molar-refractivity contribution in [1.29, 1.82) is 0 Å². The summed E-state index contributed by atoms with van der Waals surface area (Å²) in [6, 6.07) is 19.0. The van der Waals surface area contributed by atoms with Crippen LogP contribution in [0.1, 0.15) is 47.3 Å². The largest absolute Gasteiger partial charge is 0.345 e. The summed E-state index contributed by atoms with van der Waals surface area (Å²) in [5, 5.41) is 5.28. The molecule has 0 unspecified atom stereocenters. The monoisotopic (exact) mass is 437 g/mol. The van der Waals surface area contributed by atoms with Crippen molar-refractivity contribution in [1.82, 2.24) is 9.62 Å². The van der Waals surface area contributed by atoms with Gasteiger partial charge in [-0.25, -0.2) is 0 Å². The Hall–Kier alpha value is -2.90. The lowest BCUT2D eigenvalue weighted by Crippen LogP contribution is -2.33. The molecule has 0 aliphatic carbocycles. The predicted molar refractivity (Wildman–Crippen MR) is 124 cm³/mol. The highest BCUT2D eigenvalue weighted by molar-refractivity contribution is 7.90. The standard InChI is InChI=1S/C24H27N3O3S/c1-17-12-13-20(26-31(29,30)27-14-5-6-15-27)16-23(17)24(28)25-18(2)21-11-7-9-19-8-3-4-10-22(19)21/h3-4,7-13,16,18,26H,5-6,14-15H2,1-2H3,(H,25,28)/t18-/m1/s1. The SMILES string of the molecule is Cc1ccc(NS(=O)(=O)N2CCCC2)cc1C(=O)N[C@H](C)c1cccc2ccccc12. The van der Waals surface area contributed by atoms with Crippen molar-refractivity contribution >= 4 is 32.6 Å². The van der Waals surface area contributed by atoms with E-state index in [0.29, 0.717) is 24.3 Å². The molecule has 1 aliphatic heterocycles. The highest BCUT2D eigenvalue weighted by Gasteiger charge is 2.25. The van der Waals surface area contributed by atoms with Crippen LogP contribution in [0.2, 0.25) is 0 Å². The number of nitrogens with zero attached hydrogens (tertiary/aromatic N) is 1. The van der Waals surface area contributed by atoms with Crippen LogP contribution in [-0.2, 0) is 10.2 Å². The molecule has 4 rings (SSSR count). The molecule has 0 bridgehead atoms. The normalized spacial score (nSPS) is 15.7. The zero-order valence-corrected chi connectivity index (χ0v) is 18.6. The van der Waals surface area contributed by atoms with E-state index in [9.17, 15) is 13.2 Å². The molecular weight excluding hydrogens is 410 g/mol. The molecule has 1 fully saturated rings. The average molecular weight is 438 g/mol. The van der Waals surface area contributed by atoms with Gasteiger partial charge < -0.3 is 5.32 Å². The lowest BCUT2D eigenvalue weighted by atomic mass is 9.99. The third-order valence-corrected chi connectivity index (χ3v) is 7.31. The van der Waals surface area contributed by atoms with E-state index in [1.165, 1.54) is 4.31 Å². The van der Waals surface area contributed by atoms with Gasteiger partial charge in [0.25, 0.3) is 5.91 Å². The molecule has 0 aromatic heterocycles. The van der Waals surface area contributed by atoms with Gasteiger partial charge in [-0.2, -0.15) is 12.7 Å². The molecule has 3 aromatic rings. The molecule has 31 heavy (non-hydrogen) atoms. The van der Waals surface area contributed by atoms with E-state index in [1.807, 2.05) is 56.3 Å². The number of aryl methyl sites for hydroxylation is 1. The van der Waals surface area contributed by atoms with Gasteiger partial charge in [-0.1, -0.05) is 48.5 Å². The zero-order valence-electron chi connectivity index (χ0n) is 17.8. The lowest BCUT2D eigenvalue weighted by molar-refractivity contribution is 0.0939. The van der Waals surface area contributed by atoms with Crippen molar-refractivity contribution in [3.05, 3.63) is 77.4 Å². The summed E-state index contributed by atoms with van der Waals surface area (Å²) in [6.45, 7) is 4.85. The van der Waals surface area contributed by atoms with Gasteiger partial charge in [0.1, 0.15) is 0 Å². The molecule has 1 heterocycles. The minimum Gasteiger partial charge on any atom is -0.345 e. The fraction of sp³-hybridized carbons (Fsp3) is 0.292. The number of hydrogen-bond donors (Lipinski definition) is 2. The van der Waals surface area contributed by atoms with Crippen molar-refractivity contribution in [3.63, 3.8) is 0 Å². The summed E-state index contributed by atoms with van der Waals surface area (Å²) in [7, 11) is -3.61. The molecule has 1 aliphatic rings. The smallest absolute Gasteiger partial charge is 0.301 e. The molecule has 0 saturated carbocycles. The first kappa shape index (κ1) is 21.3. The van der Waals surface area contributed by atoms with Crippen molar-refractivity contribution in [2.45, 2.75) is 32.7 Å². The van der Waals surface area contributed by atoms with E-state index in [1.54, 1.807) is 18.2 Å². The minimum atomic E-state index is -3.61. The highest BCUT2D eigenvalue weighted by Crippen LogP contribution is 2.25. The van der Waals surface area contributed by atoms with Crippen LogP contribution in [0.5, 0.6) is 0 Å². The highest BCUT2D eigenvalue weighted by atomic mass is 32.2. The fourth-order valence-corrected chi connectivity index (χ4v) is 5.35. The number of carbonyl (C=O) groups is 1. The second-order valence-electron chi connectivity index (χ2n) is 8.01. The Morgan fingerprint density at radius 2 is 1.71 bits per heavy atom. The molecule has 1 amide bonds. The number of carbonyl (C=O) groups excluding carboxylic acids is 1. The van der Waals surface area contributed by atoms with Gasteiger partial charge in [0.05, 0.1) is 11.7 Å². The maximum Gasteiger partial charge on any atom is 0.301 e. The zero-order chi connectivity index (χ0) is 22.0. The summed E-state index contributed by atoms with van der Waals surface area (Å²) < 4.78 is 29.2. The first-order valence-electron chi connectivity index (χ1n) is 10.5. The molecular formula is C24H27N3O3S. The number of benzene rings is 3. The topological polar surface area (TPSA) is 78.5 Å². The van der Waals surface area contributed by atoms with E-state index in [2.05, 4.69) is 10.0 Å². The third kappa shape index (κ3) is 4.57. The van der Waals surface area contributed by atoms with E-state index >= 15 is 0 Å². The van der Waals surface area contributed by atoms with Crippen LogP contribution in [0.25, 0.3) is 10.8 Å². The lowest BCUT2D eigenvalue weighted by Gasteiger charge is -2.19. The molecule has 1 atom stereocenters. The number of anilines is 1. The first-order chi connectivity index (χ1) is 14.8. The molecule has 1 saturated heterocycles. The van der Waals surface area contributed by atoms with Crippen molar-refractivity contribution in [2.75, 3.05) is 17.8 Å². The minimum absolute atomic E-state index is 0.206. The predicted octanol–water partition coefficient (Wildman–Crippen LogP) is 4.39. The van der Waals surface area contributed by atoms with Gasteiger partial charge in [-0.15, -0.1) is 0 Å². The number of fused-ring (bicyclic) bond motifs is 1. The molecule has 6 nitrogen and oxygen atoms in total. The second kappa shape index (κ2) is 8.69. The van der Waals surface area contributed by atoms with Crippen LogP contribution in [0.15, 0.2) is 60.7 Å². The molecule has 7 heteroatoms. The Kier molecular flexibility index (Phi) is 5.98. The molecule has 162 valence electrons. The van der Waals surface area contributed by atoms with Gasteiger partial charge in [0, 0.05) is 18.7 Å². The molecule has 2 N–H and O–H groups in total. The van der Waals surface area contributed by atoms with E-state index in [4.69, 9.17) is 0 Å². The van der Waals surface area contributed by atoms with Crippen LogP contribution in [-0.4, -0.2) is 31.7 Å². The number of hydrogen-bond acceptors (Lipinski definition) is 3. The van der Waals surface area contributed by atoms with Gasteiger partial charge in [0.2, 0.25) is 0 Å². The quantitative estimate of drug-likeness (QED) is 0.600. The third-order valence-electron chi connectivity index (χ3n) is 5.77. The van der Waals surface area contributed by atoms with Gasteiger partial charge in [-0.05, 0) is 60.7 Å². The summed E-state index contributed by atoms with van der Waals surface area (Å²) in [6.07, 6.45) is 1.74. The van der Waals surface area contributed by atoms with Gasteiger partial charge in [0.15, 0.2) is 0 Å². The molecule has 0 spiro atoms. The van der Waals surface area contributed by atoms with E-state index < -0.39 is 10.2 Å². The van der Waals surface area contributed by atoms with E-state index in [0.717, 1.165) is 34.7 Å². The Morgan fingerprint density at radius 3 is 2.48 bits per heavy atom. The molecule has 3 aromatic carbocycles. The van der Waals surface area contributed by atoms with Crippen molar-refractivity contribution < 1.29 is 13.2 Å². The molecule has 0 radical (unpaired) electrons. The van der Waals surface area contributed by atoms with E-state index in [-0.39, 0.29) is 11.9 Å². The maximum atomic E-state index is 13.1. The van der Waals surface area contributed by atoms with Crippen molar-refractivity contribution in [2.24, 2.45) is 0 Å². The number of rotatable bonds is 6. The first-order valence-corrected chi connectivity index (χ1v) is 12.0. The number of amides is 1. The summed E-state index contributed by atoms with van der Waals surface area (Å²) in [5.74, 6) is -0.236. The van der Waals surface area contributed by atoms with Crippen LogP contribution in [0, 0.1) is 6.92 Å². The summed E-state index contributed by atoms with van der Waals surface area (Å²) in [5.41, 5.74) is 2.66. The van der Waals surface area contributed by atoms with Gasteiger partial charge >= 0.3 is 10.2 Å². The van der Waals surface area contributed by atoms with Crippen LogP contribution >= 0.6 is 0 Å². The van der Waals surface area contributed by atoms with Crippen LogP contribution in [0.4, 0.5) is 5.69 Å². The summed E-state index contributed by atoms with van der Waals surface area (Å²) in [4.78, 5) is 13.1. The Morgan fingerprint density at radius 1 is 1.00 bits per heavy atom. The Bertz CT molecular complexity index is 1210. The fourth-order valence-electron chi connectivity index (χ4n) is 4.05. The van der Waals surface area contributed by atoms with Crippen LogP contribution in [0.3, 0.4) is 0 Å². The summed E-state index contributed by atoms with van der Waals surface area (Å²) >= 11 is 0. The van der Waals surface area contributed by atoms with Crippen LogP contribution < -0.4 is 10.0 Å². The average Bonchev–Trinajstić information content (AvgIpc) is 3.30. The van der Waals surface area contributed by atoms with Crippen molar-refractivity contribution in [3.8, 4) is 0 Å². The Balaban J connectivity index is 1.55. The maximum absolute atomic E-state index is 13.1. The van der Waals surface area contributed by atoms with Gasteiger partial charge in [-0.3, -0.25) is 9.52 Å².